The van der Waals surface area contributed by atoms with Gasteiger partial charge in [0.2, 0.25) is 5.91 Å². The Morgan fingerprint density at radius 2 is 2.00 bits per heavy atom. The molecule has 146 valence electrons. The molecule has 0 atom stereocenters. The number of ketones is 1. The standard InChI is InChI=1S/C19H23FIN3O2S/c1-10-13(8-16(26)23-9-19(3,4)22)18(27-17(10)11(2)25)24-15-6-5-12(21)7-14(15)20/h5-7,24H,8-9,22H2,1-4H3,(H,23,26). The molecule has 0 saturated heterocycles. The normalized spacial score (nSPS) is 11.4. The molecule has 0 aliphatic heterocycles. The molecule has 1 heterocycles. The van der Waals surface area contributed by atoms with E-state index >= 15 is 0 Å². The van der Waals surface area contributed by atoms with Gasteiger partial charge in [-0.2, -0.15) is 0 Å². The Kier molecular flexibility index (Phi) is 6.98. The minimum atomic E-state index is -0.519. The molecule has 2 aromatic rings. The third-order valence-electron chi connectivity index (χ3n) is 3.85. The third-order valence-corrected chi connectivity index (χ3v) is 5.87. The maximum atomic E-state index is 14.2. The molecular weight excluding hydrogens is 480 g/mol. The Balaban J connectivity index is 2.32. The van der Waals surface area contributed by atoms with E-state index in [1.54, 1.807) is 19.1 Å². The van der Waals surface area contributed by atoms with Crippen molar-refractivity contribution in [1.29, 1.82) is 0 Å². The van der Waals surface area contributed by atoms with Crippen LogP contribution in [0.2, 0.25) is 0 Å². The zero-order chi connectivity index (χ0) is 20.4. The number of amides is 1. The van der Waals surface area contributed by atoms with E-state index in [1.807, 2.05) is 36.4 Å². The van der Waals surface area contributed by atoms with E-state index < -0.39 is 11.4 Å². The molecule has 0 unspecified atom stereocenters. The second-order valence-electron chi connectivity index (χ2n) is 7.11. The summed E-state index contributed by atoms with van der Waals surface area (Å²) in [7, 11) is 0. The van der Waals surface area contributed by atoms with Crippen LogP contribution in [0.1, 0.15) is 41.6 Å². The molecule has 0 radical (unpaired) electrons. The molecule has 1 amide bonds. The average molecular weight is 503 g/mol. The number of Topliss-reactive ketones (excluding diaryl/α,β-unsaturated/α-hetero) is 1. The van der Waals surface area contributed by atoms with Gasteiger partial charge in [-0.3, -0.25) is 9.59 Å². The first kappa shape index (κ1) is 21.8. The van der Waals surface area contributed by atoms with Gasteiger partial charge in [0.1, 0.15) is 5.82 Å². The van der Waals surface area contributed by atoms with Crippen molar-refractivity contribution in [2.45, 2.75) is 39.7 Å². The monoisotopic (exact) mass is 503 g/mol. The lowest BCUT2D eigenvalue weighted by molar-refractivity contribution is -0.120. The first-order valence-corrected chi connectivity index (χ1v) is 10.3. The molecule has 4 N–H and O–H groups in total. The topological polar surface area (TPSA) is 84.2 Å². The lowest BCUT2D eigenvalue weighted by Crippen LogP contribution is -2.45. The number of anilines is 2. The van der Waals surface area contributed by atoms with E-state index in [1.165, 1.54) is 24.3 Å². The number of hydrogen-bond acceptors (Lipinski definition) is 5. The molecule has 5 nitrogen and oxygen atoms in total. The van der Waals surface area contributed by atoms with Crippen LogP contribution in [-0.2, 0) is 11.2 Å². The lowest BCUT2D eigenvalue weighted by atomic mass is 10.1. The van der Waals surface area contributed by atoms with Gasteiger partial charge >= 0.3 is 0 Å². The smallest absolute Gasteiger partial charge is 0.224 e. The minimum absolute atomic E-state index is 0.0833. The van der Waals surface area contributed by atoms with Crippen molar-refractivity contribution in [1.82, 2.24) is 5.32 Å². The minimum Gasteiger partial charge on any atom is -0.354 e. The predicted molar refractivity (Wildman–Crippen MR) is 116 cm³/mol. The van der Waals surface area contributed by atoms with Crippen LogP contribution in [0, 0.1) is 16.3 Å². The summed E-state index contributed by atoms with van der Waals surface area (Å²) in [6.45, 7) is 7.27. The number of carbonyl (C=O) groups excluding carboxylic acids is 2. The van der Waals surface area contributed by atoms with Crippen molar-refractivity contribution < 1.29 is 14.0 Å². The van der Waals surface area contributed by atoms with Crippen molar-refractivity contribution >= 4 is 56.3 Å². The molecule has 0 bridgehead atoms. The van der Waals surface area contributed by atoms with Gasteiger partial charge in [0.15, 0.2) is 5.78 Å². The second kappa shape index (κ2) is 8.66. The van der Waals surface area contributed by atoms with Crippen LogP contribution in [0.3, 0.4) is 0 Å². The lowest BCUT2D eigenvalue weighted by Gasteiger charge is -2.19. The summed E-state index contributed by atoms with van der Waals surface area (Å²) in [6, 6.07) is 4.85. The van der Waals surface area contributed by atoms with Crippen LogP contribution >= 0.6 is 33.9 Å². The van der Waals surface area contributed by atoms with Crippen LogP contribution in [0.25, 0.3) is 0 Å². The van der Waals surface area contributed by atoms with Crippen LogP contribution in [0.4, 0.5) is 15.1 Å². The maximum Gasteiger partial charge on any atom is 0.224 e. The Bertz CT molecular complexity index is 875. The van der Waals surface area contributed by atoms with Crippen molar-refractivity contribution in [2.24, 2.45) is 5.73 Å². The van der Waals surface area contributed by atoms with Crippen molar-refractivity contribution in [2.75, 3.05) is 11.9 Å². The van der Waals surface area contributed by atoms with E-state index in [4.69, 9.17) is 5.73 Å². The van der Waals surface area contributed by atoms with Gasteiger partial charge in [-0.25, -0.2) is 4.39 Å². The average Bonchev–Trinajstić information content (AvgIpc) is 2.84. The van der Waals surface area contributed by atoms with Crippen molar-refractivity contribution in [3.05, 3.63) is 43.6 Å². The van der Waals surface area contributed by atoms with Crippen LogP contribution in [0.15, 0.2) is 18.2 Å². The number of nitrogens with two attached hydrogens (primary N) is 1. The Labute approximate surface area is 176 Å². The van der Waals surface area contributed by atoms with E-state index in [0.717, 1.165) is 9.13 Å². The van der Waals surface area contributed by atoms with Gasteiger partial charge in [0, 0.05) is 15.7 Å². The summed E-state index contributed by atoms with van der Waals surface area (Å²) in [6.07, 6.45) is 0.0833. The van der Waals surface area contributed by atoms with Crippen LogP contribution < -0.4 is 16.4 Å². The molecule has 27 heavy (non-hydrogen) atoms. The molecular formula is C19H23FIN3O2S. The van der Waals surface area contributed by atoms with E-state index in [9.17, 15) is 14.0 Å². The Morgan fingerprint density at radius 1 is 1.33 bits per heavy atom. The number of rotatable bonds is 7. The van der Waals surface area contributed by atoms with E-state index in [2.05, 4.69) is 10.6 Å². The summed E-state index contributed by atoms with van der Waals surface area (Å²) in [5, 5.41) is 6.44. The molecule has 0 aliphatic rings. The van der Waals surface area contributed by atoms with Gasteiger partial charge in [0.25, 0.3) is 0 Å². The van der Waals surface area contributed by atoms with Crippen LogP contribution in [-0.4, -0.2) is 23.8 Å². The third kappa shape index (κ3) is 5.98. The summed E-state index contributed by atoms with van der Waals surface area (Å²) in [4.78, 5) is 24.8. The Morgan fingerprint density at radius 3 is 2.56 bits per heavy atom. The van der Waals surface area contributed by atoms with Crippen LogP contribution in [0.5, 0.6) is 0 Å². The Hall–Kier alpha value is -1.52. The van der Waals surface area contributed by atoms with Gasteiger partial charge in [-0.05, 0) is 79.6 Å². The van der Waals surface area contributed by atoms with Gasteiger partial charge in [0.05, 0.1) is 22.0 Å². The highest BCUT2D eigenvalue weighted by atomic mass is 127. The highest BCUT2D eigenvalue weighted by Crippen LogP contribution is 2.36. The number of thiophene rings is 1. The number of benzene rings is 1. The fourth-order valence-electron chi connectivity index (χ4n) is 2.46. The summed E-state index contributed by atoms with van der Waals surface area (Å²) >= 11 is 3.27. The molecule has 1 aromatic heterocycles. The van der Waals surface area contributed by atoms with Gasteiger partial charge in [-0.15, -0.1) is 11.3 Å². The van der Waals surface area contributed by atoms with E-state index in [0.29, 0.717) is 27.7 Å². The molecule has 0 fully saturated rings. The SMILES string of the molecule is CC(=O)c1sc(Nc2ccc(I)cc2F)c(CC(=O)NCC(C)(C)N)c1C. The van der Waals surface area contributed by atoms with Gasteiger partial charge in [-0.1, -0.05) is 0 Å². The van der Waals surface area contributed by atoms with Crippen molar-refractivity contribution in [3.8, 4) is 0 Å². The largest absolute Gasteiger partial charge is 0.354 e. The number of carbonyl (C=O) groups is 2. The quantitative estimate of drug-likeness (QED) is 0.392. The molecule has 0 spiro atoms. The number of hydrogen-bond donors (Lipinski definition) is 3. The van der Waals surface area contributed by atoms with E-state index in [-0.39, 0.29) is 18.1 Å². The highest BCUT2D eigenvalue weighted by Gasteiger charge is 2.21. The fraction of sp³-hybridized carbons (Fsp3) is 0.368. The summed E-state index contributed by atoms with van der Waals surface area (Å²) < 4.78 is 15.0. The highest BCUT2D eigenvalue weighted by molar-refractivity contribution is 14.1. The number of halogens is 2. The summed E-state index contributed by atoms with van der Waals surface area (Å²) in [5.41, 5.74) is 7.11. The predicted octanol–water partition coefficient (Wildman–Crippen LogP) is 4.14. The first-order chi connectivity index (χ1) is 12.5. The zero-order valence-corrected chi connectivity index (χ0v) is 18.7. The summed E-state index contributed by atoms with van der Waals surface area (Å²) in [5.74, 6) is -0.674. The second-order valence-corrected chi connectivity index (χ2v) is 9.38. The molecule has 0 saturated carbocycles. The molecule has 8 heteroatoms. The van der Waals surface area contributed by atoms with Crippen molar-refractivity contribution in [3.63, 3.8) is 0 Å². The first-order valence-electron chi connectivity index (χ1n) is 8.39. The maximum absolute atomic E-state index is 14.2. The van der Waals surface area contributed by atoms with Gasteiger partial charge < -0.3 is 16.4 Å². The molecule has 0 aliphatic carbocycles. The number of nitrogens with one attached hydrogen (secondary N) is 2. The molecule has 1 aromatic carbocycles. The molecule has 2 rings (SSSR count). The zero-order valence-electron chi connectivity index (χ0n) is 15.7. The fourth-order valence-corrected chi connectivity index (χ4v) is 4.05.